The predicted octanol–water partition coefficient (Wildman–Crippen LogP) is 3.63. The Kier molecular flexibility index (Phi) is 4.75. The van der Waals surface area contributed by atoms with Gasteiger partial charge in [-0.05, 0) is 38.3 Å². The van der Waals surface area contributed by atoms with Gasteiger partial charge in [0.25, 0.3) is 0 Å². The lowest BCUT2D eigenvalue weighted by Crippen LogP contribution is -2.46. The second-order valence-electron chi connectivity index (χ2n) is 4.97. The van der Waals surface area contributed by atoms with Crippen molar-refractivity contribution in [3.8, 4) is 0 Å². The van der Waals surface area contributed by atoms with Gasteiger partial charge in [-0.2, -0.15) is 13.2 Å². The Hall–Kier alpha value is -1.72. The number of para-hydroxylation sites is 1. The van der Waals surface area contributed by atoms with Gasteiger partial charge in [-0.15, -0.1) is 0 Å². The molecule has 1 saturated heterocycles. The van der Waals surface area contributed by atoms with E-state index in [1.165, 1.54) is 17.0 Å². The number of hydrogen-bond donors (Lipinski definition) is 0. The number of piperidine rings is 1. The molecular formula is C15H18F3NO2. The van der Waals surface area contributed by atoms with Crippen LogP contribution in [-0.2, 0) is 15.7 Å². The Morgan fingerprint density at radius 3 is 2.71 bits per heavy atom. The van der Waals surface area contributed by atoms with E-state index in [1.54, 1.807) is 13.0 Å². The normalized spacial score (nSPS) is 19.4. The Labute approximate surface area is 121 Å². The number of carbonyl (C=O) groups excluding carboxylic acids is 1. The highest BCUT2D eigenvalue weighted by Gasteiger charge is 2.38. The van der Waals surface area contributed by atoms with E-state index in [0.717, 1.165) is 18.9 Å². The first-order chi connectivity index (χ1) is 9.95. The lowest BCUT2D eigenvalue weighted by molar-refractivity contribution is -0.145. The maximum Gasteiger partial charge on any atom is 0.418 e. The van der Waals surface area contributed by atoms with Gasteiger partial charge in [0.1, 0.15) is 6.04 Å². The number of carbonyl (C=O) groups is 1. The molecule has 1 aliphatic rings. The number of ether oxygens (including phenoxy) is 1. The van der Waals surface area contributed by atoms with Crippen LogP contribution in [0, 0.1) is 0 Å². The van der Waals surface area contributed by atoms with Crippen LogP contribution in [0.1, 0.15) is 31.7 Å². The van der Waals surface area contributed by atoms with Gasteiger partial charge in [-0.25, -0.2) is 4.79 Å². The van der Waals surface area contributed by atoms with Crippen LogP contribution in [0.15, 0.2) is 24.3 Å². The molecule has 0 aliphatic carbocycles. The van der Waals surface area contributed by atoms with E-state index < -0.39 is 23.8 Å². The van der Waals surface area contributed by atoms with Gasteiger partial charge >= 0.3 is 12.1 Å². The van der Waals surface area contributed by atoms with E-state index in [-0.39, 0.29) is 12.3 Å². The molecule has 0 amide bonds. The van der Waals surface area contributed by atoms with Crippen molar-refractivity contribution < 1.29 is 22.7 Å². The van der Waals surface area contributed by atoms with Crippen LogP contribution >= 0.6 is 0 Å². The molecule has 0 saturated carbocycles. The lowest BCUT2D eigenvalue weighted by atomic mass is 9.99. The number of alkyl halides is 3. The van der Waals surface area contributed by atoms with Crippen molar-refractivity contribution in [3.63, 3.8) is 0 Å². The first-order valence-electron chi connectivity index (χ1n) is 7.04. The molecule has 0 aromatic heterocycles. The fourth-order valence-corrected chi connectivity index (χ4v) is 2.67. The standard InChI is InChI=1S/C15H18F3NO2/c1-2-21-14(20)13-9-5-6-10-19(13)12-8-4-3-7-11(12)15(16,17)18/h3-4,7-8,13H,2,5-6,9-10H2,1H3. The molecule has 1 aliphatic heterocycles. The second-order valence-corrected chi connectivity index (χ2v) is 4.97. The Morgan fingerprint density at radius 2 is 2.05 bits per heavy atom. The Balaban J connectivity index is 2.36. The van der Waals surface area contributed by atoms with Crippen LogP contribution < -0.4 is 4.90 Å². The van der Waals surface area contributed by atoms with Crippen LogP contribution in [-0.4, -0.2) is 25.2 Å². The summed E-state index contributed by atoms with van der Waals surface area (Å²) < 4.78 is 44.4. The summed E-state index contributed by atoms with van der Waals surface area (Å²) in [6, 6.07) is 4.74. The molecule has 0 spiro atoms. The molecule has 1 atom stereocenters. The Bertz CT molecular complexity index is 502. The van der Waals surface area contributed by atoms with Crippen LogP contribution in [0.25, 0.3) is 0 Å². The van der Waals surface area contributed by atoms with E-state index in [1.807, 2.05) is 0 Å². The summed E-state index contributed by atoms with van der Waals surface area (Å²) >= 11 is 0. The minimum atomic E-state index is -4.44. The summed E-state index contributed by atoms with van der Waals surface area (Å²) in [6.07, 6.45) is -2.34. The smallest absolute Gasteiger partial charge is 0.418 e. The van der Waals surface area contributed by atoms with Crippen LogP contribution in [0.5, 0.6) is 0 Å². The SMILES string of the molecule is CCOC(=O)C1CCCCN1c1ccccc1C(F)(F)F. The maximum atomic E-state index is 13.1. The molecule has 0 bridgehead atoms. The van der Waals surface area contributed by atoms with Crippen LogP contribution in [0.4, 0.5) is 18.9 Å². The van der Waals surface area contributed by atoms with Crippen molar-refractivity contribution in [1.82, 2.24) is 0 Å². The highest BCUT2D eigenvalue weighted by atomic mass is 19.4. The zero-order valence-corrected chi connectivity index (χ0v) is 11.8. The third-order valence-corrected chi connectivity index (χ3v) is 3.58. The summed E-state index contributed by atoms with van der Waals surface area (Å²) in [5.74, 6) is -0.450. The van der Waals surface area contributed by atoms with Gasteiger partial charge in [0, 0.05) is 12.2 Å². The molecule has 1 aromatic rings. The lowest BCUT2D eigenvalue weighted by Gasteiger charge is -2.37. The van der Waals surface area contributed by atoms with Gasteiger partial charge in [-0.3, -0.25) is 0 Å². The summed E-state index contributed by atoms with van der Waals surface area (Å²) in [5.41, 5.74) is -0.649. The number of halogens is 3. The fraction of sp³-hybridized carbons (Fsp3) is 0.533. The predicted molar refractivity (Wildman–Crippen MR) is 73.1 cm³/mol. The fourth-order valence-electron chi connectivity index (χ4n) is 2.67. The maximum absolute atomic E-state index is 13.1. The van der Waals surface area contributed by atoms with Gasteiger partial charge in [-0.1, -0.05) is 12.1 Å². The van der Waals surface area contributed by atoms with Crippen LogP contribution in [0.2, 0.25) is 0 Å². The van der Waals surface area contributed by atoms with Crippen LogP contribution in [0.3, 0.4) is 0 Å². The first kappa shape index (κ1) is 15.7. The van der Waals surface area contributed by atoms with Crippen molar-refractivity contribution >= 4 is 11.7 Å². The molecule has 1 fully saturated rings. The molecule has 0 radical (unpaired) electrons. The monoisotopic (exact) mass is 301 g/mol. The Morgan fingerprint density at radius 1 is 1.33 bits per heavy atom. The number of rotatable bonds is 3. The highest BCUT2D eigenvalue weighted by Crippen LogP contribution is 2.38. The molecule has 3 nitrogen and oxygen atoms in total. The van der Waals surface area contributed by atoms with Gasteiger partial charge in [0.2, 0.25) is 0 Å². The summed E-state index contributed by atoms with van der Waals surface area (Å²) in [5, 5.41) is 0. The summed E-state index contributed by atoms with van der Waals surface area (Å²) in [6.45, 7) is 2.34. The van der Waals surface area contributed by atoms with Gasteiger partial charge in [0.15, 0.2) is 0 Å². The molecule has 1 unspecified atom stereocenters. The molecule has 2 rings (SSSR count). The van der Waals surface area contributed by atoms with Gasteiger partial charge < -0.3 is 9.64 Å². The molecule has 1 aromatic carbocycles. The quantitative estimate of drug-likeness (QED) is 0.799. The minimum absolute atomic E-state index is 0.0581. The second kappa shape index (κ2) is 6.37. The summed E-state index contributed by atoms with van der Waals surface area (Å²) in [7, 11) is 0. The largest absolute Gasteiger partial charge is 0.464 e. The number of esters is 1. The van der Waals surface area contributed by atoms with Crippen molar-refractivity contribution in [2.45, 2.75) is 38.4 Å². The number of anilines is 1. The first-order valence-corrected chi connectivity index (χ1v) is 7.04. The summed E-state index contributed by atoms with van der Waals surface area (Å²) in [4.78, 5) is 13.5. The average molecular weight is 301 g/mol. The molecule has 0 N–H and O–H groups in total. The van der Waals surface area contributed by atoms with Crippen molar-refractivity contribution in [2.75, 3.05) is 18.1 Å². The zero-order chi connectivity index (χ0) is 15.5. The molecule has 21 heavy (non-hydrogen) atoms. The van der Waals surface area contributed by atoms with E-state index in [2.05, 4.69) is 0 Å². The average Bonchev–Trinajstić information content (AvgIpc) is 2.46. The highest BCUT2D eigenvalue weighted by molar-refractivity contribution is 5.81. The van der Waals surface area contributed by atoms with Crippen molar-refractivity contribution in [1.29, 1.82) is 0 Å². The van der Waals surface area contributed by atoms with E-state index in [4.69, 9.17) is 4.74 Å². The van der Waals surface area contributed by atoms with E-state index in [0.29, 0.717) is 13.0 Å². The molecule has 1 heterocycles. The van der Waals surface area contributed by atoms with Crippen molar-refractivity contribution in [2.24, 2.45) is 0 Å². The molecular weight excluding hydrogens is 283 g/mol. The van der Waals surface area contributed by atoms with E-state index >= 15 is 0 Å². The van der Waals surface area contributed by atoms with Crippen molar-refractivity contribution in [3.05, 3.63) is 29.8 Å². The minimum Gasteiger partial charge on any atom is -0.464 e. The molecule has 116 valence electrons. The third-order valence-electron chi connectivity index (χ3n) is 3.58. The number of benzene rings is 1. The third kappa shape index (κ3) is 3.49. The van der Waals surface area contributed by atoms with E-state index in [9.17, 15) is 18.0 Å². The zero-order valence-electron chi connectivity index (χ0n) is 11.8. The number of nitrogens with zero attached hydrogens (tertiary/aromatic N) is 1. The topological polar surface area (TPSA) is 29.5 Å². The molecule has 6 heteroatoms. The van der Waals surface area contributed by atoms with Gasteiger partial charge in [0.05, 0.1) is 12.2 Å². The number of hydrogen-bond acceptors (Lipinski definition) is 3.